The predicted octanol–water partition coefficient (Wildman–Crippen LogP) is 4.00. The second-order valence-corrected chi connectivity index (χ2v) is 4.08. The first-order valence-corrected chi connectivity index (χ1v) is 5.58. The first kappa shape index (κ1) is 13.6. The third-order valence-electron chi connectivity index (χ3n) is 2.28. The number of nitrogens with zero attached hydrogens (tertiary/aromatic N) is 2. The first-order chi connectivity index (χ1) is 8.85. The number of alkyl halides is 3. The number of rotatable bonds is 2. The van der Waals surface area contributed by atoms with Crippen LogP contribution in [0, 0.1) is 6.92 Å². The fourth-order valence-electron chi connectivity index (χ4n) is 1.55. The topological polar surface area (TPSA) is 35.0 Å². The third kappa shape index (κ3) is 3.57. The summed E-state index contributed by atoms with van der Waals surface area (Å²) in [6, 6.07) is 5.54. The number of hydrogen-bond acceptors (Lipinski definition) is 3. The Morgan fingerprint density at radius 3 is 2.68 bits per heavy atom. The second-order valence-electron chi connectivity index (χ2n) is 3.75. The van der Waals surface area contributed by atoms with E-state index in [1.807, 2.05) is 0 Å². The minimum Gasteiger partial charge on any atom is -0.406 e. The smallest absolute Gasteiger partial charge is 0.406 e. The van der Waals surface area contributed by atoms with E-state index in [0.717, 1.165) is 0 Å². The Balaban J connectivity index is 2.40. The van der Waals surface area contributed by atoms with Gasteiger partial charge in [0.05, 0.1) is 5.69 Å². The summed E-state index contributed by atoms with van der Waals surface area (Å²) in [5.74, 6) is -0.306. The van der Waals surface area contributed by atoms with E-state index >= 15 is 0 Å². The Bertz CT molecular complexity index is 602. The van der Waals surface area contributed by atoms with Gasteiger partial charge in [-0.05, 0) is 36.2 Å². The van der Waals surface area contributed by atoms with Gasteiger partial charge in [0.1, 0.15) is 5.75 Å². The molecule has 1 heterocycles. The van der Waals surface area contributed by atoms with Crippen LogP contribution in [0.5, 0.6) is 5.75 Å². The highest BCUT2D eigenvalue weighted by Crippen LogP contribution is 2.28. The monoisotopic (exact) mass is 288 g/mol. The van der Waals surface area contributed by atoms with Gasteiger partial charge in [0, 0.05) is 11.8 Å². The van der Waals surface area contributed by atoms with Crippen LogP contribution in [0.15, 0.2) is 30.5 Å². The van der Waals surface area contributed by atoms with Crippen molar-refractivity contribution in [2.24, 2.45) is 0 Å². The molecule has 0 saturated heterocycles. The Morgan fingerprint density at radius 1 is 1.26 bits per heavy atom. The molecule has 2 rings (SSSR count). The van der Waals surface area contributed by atoms with Gasteiger partial charge < -0.3 is 4.74 Å². The highest BCUT2D eigenvalue weighted by atomic mass is 35.5. The quantitative estimate of drug-likeness (QED) is 0.783. The molecular formula is C12H8ClF3N2O. The highest BCUT2D eigenvalue weighted by molar-refractivity contribution is 6.28. The summed E-state index contributed by atoms with van der Waals surface area (Å²) in [5.41, 5.74) is 1.64. The standard InChI is InChI=1S/C12H8ClF3N2O/c1-7-6-17-11(13)18-10(7)8-3-2-4-9(5-8)19-12(14,15)16/h2-6H,1H3. The van der Waals surface area contributed by atoms with E-state index in [0.29, 0.717) is 16.8 Å². The van der Waals surface area contributed by atoms with Crippen LogP contribution in [0.4, 0.5) is 13.2 Å². The van der Waals surface area contributed by atoms with E-state index in [1.54, 1.807) is 13.0 Å². The minimum absolute atomic E-state index is 0.0303. The van der Waals surface area contributed by atoms with Crippen molar-refractivity contribution in [1.29, 1.82) is 0 Å². The van der Waals surface area contributed by atoms with Crippen LogP contribution in [-0.4, -0.2) is 16.3 Å². The van der Waals surface area contributed by atoms with Crippen molar-refractivity contribution in [3.63, 3.8) is 0 Å². The van der Waals surface area contributed by atoms with Crippen molar-refractivity contribution in [3.8, 4) is 17.0 Å². The van der Waals surface area contributed by atoms with Crippen LogP contribution in [0.25, 0.3) is 11.3 Å². The van der Waals surface area contributed by atoms with Gasteiger partial charge in [0.25, 0.3) is 0 Å². The molecule has 3 nitrogen and oxygen atoms in total. The lowest BCUT2D eigenvalue weighted by atomic mass is 10.1. The summed E-state index contributed by atoms with van der Waals surface area (Å²) >= 11 is 5.68. The van der Waals surface area contributed by atoms with Crippen LogP contribution < -0.4 is 4.74 Å². The molecule has 0 aliphatic carbocycles. The summed E-state index contributed by atoms with van der Waals surface area (Å²) < 4.78 is 40.3. The van der Waals surface area contributed by atoms with E-state index in [1.165, 1.54) is 24.4 Å². The lowest BCUT2D eigenvalue weighted by Gasteiger charge is -2.10. The maximum absolute atomic E-state index is 12.1. The molecule has 1 aromatic heterocycles. The van der Waals surface area contributed by atoms with Crippen molar-refractivity contribution < 1.29 is 17.9 Å². The molecule has 100 valence electrons. The molecule has 0 aliphatic rings. The molecule has 0 spiro atoms. The van der Waals surface area contributed by atoms with Gasteiger partial charge in [-0.25, -0.2) is 9.97 Å². The summed E-state index contributed by atoms with van der Waals surface area (Å²) in [5, 5.41) is 0.0303. The summed E-state index contributed by atoms with van der Waals surface area (Å²) in [4.78, 5) is 7.79. The van der Waals surface area contributed by atoms with E-state index < -0.39 is 6.36 Å². The van der Waals surface area contributed by atoms with Gasteiger partial charge in [-0.2, -0.15) is 0 Å². The molecular weight excluding hydrogens is 281 g/mol. The van der Waals surface area contributed by atoms with Gasteiger partial charge in [-0.15, -0.1) is 13.2 Å². The SMILES string of the molecule is Cc1cnc(Cl)nc1-c1cccc(OC(F)(F)F)c1. The van der Waals surface area contributed by atoms with E-state index in [9.17, 15) is 13.2 Å². The van der Waals surface area contributed by atoms with Crippen molar-refractivity contribution in [3.05, 3.63) is 41.3 Å². The highest BCUT2D eigenvalue weighted by Gasteiger charge is 2.31. The van der Waals surface area contributed by atoms with Crippen molar-refractivity contribution >= 4 is 11.6 Å². The van der Waals surface area contributed by atoms with E-state index in [-0.39, 0.29) is 11.0 Å². The van der Waals surface area contributed by atoms with Crippen molar-refractivity contribution in [2.75, 3.05) is 0 Å². The zero-order valence-electron chi connectivity index (χ0n) is 9.70. The Labute approximate surface area is 112 Å². The Hall–Kier alpha value is -1.82. The van der Waals surface area contributed by atoms with E-state index in [4.69, 9.17) is 11.6 Å². The average Bonchev–Trinajstić information content (AvgIpc) is 2.30. The van der Waals surface area contributed by atoms with Gasteiger partial charge in [-0.3, -0.25) is 0 Å². The molecule has 2 aromatic rings. The van der Waals surface area contributed by atoms with Gasteiger partial charge in [0.15, 0.2) is 0 Å². The lowest BCUT2D eigenvalue weighted by molar-refractivity contribution is -0.274. The Morgan fingerprint density at radius 2 is 2.00 bits per heavy atom. The first-order valence-electron chi connectivity index (χ1n) is 5.20. The second kappa shape index (κ2) is 5.05. The molecule has 0 bridgehead atoms. The normalized spacial score (nSPS) is 11.4. The van der Waals surface area contributed by atoms with Gasteiger partial charge in [-0.1, -0.05) is 12.1 Å². The van der Waals surface area contributed by atoms with Crippen LogP contribution in [-0.2, 0) is 0 Å². The van der Waals surface area contributed by atoms with Crippen LogP contribution in [0.2, 0.25) is 5.28 Å². The zero-order chi connectivity index (χ0) is 14.0. The molecule has 0 unspecified atom stereocenters. The van der Waals surface area contributed by atoms with Crippen LogP contribution in [0.3, 0.4) is 0 Å². The maximum Gasteiger partial charge on any atom is 0.573 e. The lowest BCUT2D eigenvalue weighted by Crippen LogP contribution is -2.17. The van der Waals surface area contributed by atoms with Gasteiger partial charge in [0.2, 0.25) is 5.28 Å². The molecule has 19 heavy (non-hydrogen) atoms. The zero-order valence-corrected chi connectivity index (χ0v) is 10.5. The molecule has 0 fully saturated rings. The maximum atomic E-state index is 12.1. The fourth-order valence-corrected chi connectivity index (χ4v) is 1.69. The average molecular weight is 289 g/mol. The predicted molar refractivity (Wildman–Crippen MR) is 63.9 cm³/mol. The van der Waals surface area contributed by atoms with Crippen molar-refractivity contribution in [1.82, 2.24) is 9.97 Å². The summed E-state index contributed by atoms with van der Waals surface area (Å²) in [7, 11) is 0. The molecule has 0 aliphatic heterocycles. The minimum atomic E-state index is -4.73. The van der Waals surface area contributed by atoms with E-state index in [2.05, 4.69) is 14.7 Å². The molecule has 0 atom stereocenters. The number of halogens is 4. The third-order valence-corrected chi connectivity index (χ3v) is 2.47. The number of aryl methyl sites for hydroxylation is 1. The fraction of sp³-hybridized carbons (Fsp3) is 0.167. The summed E-state index contributed by atoms with van der Waals surface area (Å²) in [6.45, 7) is 1.74. The number of hydrogen-bond donors (Lipinski definition) is 0. The summed E-state index contributed by atoms with van der Waals surface area (Å²) in [6.07, 6.45) is -3.22. The van der Waals surface area contributed by atoms with Crippen LogP contribution in [0.1, 0.15) is 5.56 Å². The van der Waals surface area contributed by atoms with Crippen LogP contribution >= 0.6 is 11.6 Å². The number of benzene rings is 1. The molecule has 1 aromatic carbocycles. The Kier molecular flexibility index (Phi) is 3.61. The number of ether oxygens (including phenoxy) is 1. The molecule has 0 radical (unpaired) electrons. The van der Waals surface area contributed by atoms with Crippen molar-refractivity contribution in [2.45, 2.75) is 13.3 Å². The number of aromatic nitrogens is 2. The largest absolute Gasteiger partial charge is 0.573 e. The molecule has 0 amide bonds. The molecule has 0 N–H and O–H groups in total. The molecule has 7 heteroatoms. The van der Waals surface area contributed by atoms with Gasteiger partial charge >= 0.3 is 6.36 Å². The molecule has 0 saturated carbocycles.